The fraction of sp³-hybridized carbons (Fsp3) is 0.333. The highest BCUT2D eigenvalue weighted by Crippen LogP contribution is 2.41. The number of carbonyl (C=O) groups is 1. The van der Waals surface area contributed by atoms with Gasteiger partial charge in [0, 0.05) is 43.2 Å². The van der Waals surface area contributed by atoms with Gasteiger partial charge in [0.15, 0.2) is 11.0 Å². The Hall–Kier alpha value is -2.87. The lowest BCUT2D eigenvalue weighted by atomic mass is 10.2. The molecule has 0 aliphatic heterocycles. The summed E-state index contributed by atoms with van der Waals surface area (Å²) in [6.45, 7) is 0.501. The third kappa shape index (κ3) is 4.42. The van der Waals surface area contributed by atoms with Gasteiger partial charge in [-0.15, -0.1) is 10.2 Å². The van der Waals surface area contributed by atoms with Gasteiger partial charge in [-0.25, -0.2) is 0 Å². The molecule has 0 unspecified atom stereocenters. The summed E-state index contributed by atoms with van der Waals surface area (Å²) >= 11 is 1.44. The van der Waals surface area contributed by atoms with Gasteiger partial charge in [-0.05, 0) is 31.0 Å². The van der Waals surface area contributed by atoms with E-state index in [4.69, 9.17) is 4.74 Å². The molecule has 3 aromatic rings. The number of para-hydroxylation sites is 1. The molecular formula is C21H23N5O2S. The van der Waals surface area contributed by atoms with Crippen molar-refractivity contribution in [1.82, 2.24) is 24.6 Å². The second-order valence-corrected chi connectivity index (χ2v) is 7.94. The molecule has 7 nitrogen and oxygen atoms in total. The van der Waals surface area contributed by atoms with Crippen molar-refractivity contribution in [2.24, 2.45) is 0 Å². The SMILES string of the molecule is COc1ccccc1CN(C)C(=O)CSc1nnc(-c2ccncc2)n1C1CC1. The number of ether oxygens (including phenoxy) is 1. The van der Waals surface area contributed by atoms with Crippen LogP contribution in [0.3, 0.4) is 0 Å². The van der Waals surface area contributed by atoms with Crippen LogP contribution in [-0.4, -0.2) is 50.5 Å². The second kappa shape index (κ2) is 8.65. The predicted molar refractivity (Wildman–Crippen MR) is 112 cm³/mol. The summed E-state index contributed by atoms with van der Waals surface area (Å²) in [6.07, 6.45) is 5.74. The highest BCUT2D eigenvalue weighted by Gasteiger charge is 2.30. The molecule has 1 aliphatic carbocycles. The first kappa shape index (κ1) is 19.4. The third-order valence-corrected chi connectivity index (χ3v) is 5.79. The molecule has 2 heterocycles. The number of benzene rings is 1. The number of hydrogen-bond donors (Lipinski definition) is 0. The van der Waals surface area contributed by atoms with E-state index in [1.54, 1.807) is 24.4 Å². The summed E-state index contributed by atoms with van der Waals surface area (Å²) in [4.78, 5) is 18.5. The summed E-state index contributed by atoms with van der Waals surface area (Å²) in [6, 6.07) is 12.0. The van der Waals surface area contributed by atoms with Crippen LogP contribution in [0.1, 0.15) is 24.4 Å². The Morgan fingerprint density at radius 3 is 2.69 bits per heavy atom. The van der Waals surface area contributed by atoms with Crippen LogP contribution in [0, 0.1) is 0 Å². The van der Waals surface area contributed by atoms with Gasteiger partial charge in [-0.3, -0.25) is 14.3 Å². The maximum atomic E-state index is 12.7. The lowest BCUT2D eigenvalue weighted by molar-refractivity contribution is -0.127. The lowest BCUT2D eigenvalue weighted by Crippen LogP contribution is -2.28. The molecule has 4 rings (SSSR count). The number of rotatable bonds is 8. The molecule has 0 radical (unpaired) electrons. The molecule has 0 atom stereocenters. The Labute approximate surface area is 174 Å². The molecule has 1 saturated carbocycles. The van der Waals surface area contributed by atoms with Gasteiger partial charge in [0.25, 0.3) is 0 Å². The lowest BCUT2D eigenvalue weighted by Gasteiger charge is -2.18. The number of nitrogens with zero attached hydrogens (tertiary/aromatic N) is 5. The zero-order valence-electron chi connectivity index (χ0n) is 16.5. The Morgan fingerprint density at radius 1 is 1.21 bits per heavy atom. The molecule has 0 spiro atoms. The van der Waals surface area contributed by atoms with Crippen LogP contribution in [0.4, 0.5) is 0 Å². The summed E-state index contributed by atoms with van der Waals surface area (Å²) in [5, 5.41) is 9.54. The van der Waals surface area contributed by atoms with E-state index in [1.807, 2.05) is 43.4 Å². The topological polar surface area (TPSA) is 73.1 Å². The minimum absolute atomic E-state index is 0.0386. The van der Waals surface area contributed by atoms with E-state index in [0.29, 0.717) is 18.3 Å². The van der Waals surface area contributed by atoms with E-state index in [2.05, 4.69) is 19.7 Å². The van der Waals surface area contributed by atoms with E-state index >= 15 is 0 Å². The van der Waals surface area contributed by atoms with Gasteiger partial charge in [-0.1, -0.05) is 30.0 Å². The molecule has 2 aromatic heterocycles. The molecule has 8 heteroatoms. The number of carbonyl (C=O) groups excluding carboxylic acids is 1. The average molecular weight is 410 g/mol. The number of thioether (sulfide) groups is 1. The van der Waals surface area contributed by atoms with E-state index in [0.717, 1.165) is 40.7 Å². The third-order valence-electron chi connectivity index (χ3n) is 4.87. The molecule has 0 bridgehead atoms. The van der Waals surface area contributed by atoms with Crippen molar-refractivity contribution in [2.45, 2.75) is 30.6 Å². The van der Waals surface area contributed by atoms with Gasteiger partial charge in [-0.2, -0.15) is 0 Å². The number of hydrogen-bond acceptors (Lipinski definition) is 6. The monoisotopic (exact) mass is 409 g/mol. The summed E-state index contributed by atoms with van der Waals surface area (Å²) in [7, 11) is 3.45. The Morgan fingerprint density at radius 2 is 1.97 bits per heavy atom. The van der Waals surface area contributed by atoms with Crippen molar-refractivity contribution in [3.05, 3.63) is 54.4 Å². The van der Waals surface area contributed by atoms with Crippen LogP contribution in [0.15, 0.2) is 53.9 Å². The maximum absolute atomic E-state index is 12.7. The number of pyridine rings is 1. The van der Waals surface area contributed by atoms with Crippen LogP contribution in [0.2, 0.25) is 0 Å². The minimum Gasteiger partial charge on any atom is -0.496 e. The Balaban J connectivity index is 1.44. The summed E-state index contributed by atoms with van der Waals surface area (Å²) in [5.74, 6) is 1.98. The molecular weight excluding hydrogens is 386 g/mol. The first-order valence-corrected chi connectivity index (χ1v) is 10.5. The quantitative estimate of drug-likeness (QED) is 0.531. The Bertz CT molecular complexity index is 988. The van der Waals surface area contributed by atoms with Crippen LogP contribution >= 0.6 is 11.8 Å². The maximum Gasteiger partial charge on any atom is 0.233 e. The predicted octanol–water partition coefficient (Wildman–Crippen LogP) is 3.43. The minimum atomic E-state index is 0.0386. The van der Waals surface area contributed by atoms with Gasteiger partial charge in [0.05, 0.1) is 12.9 Å². The molecule has 1 amide bonds. The molecule has 1 aromatic carbocycles. The van der Waals surface area contributed by atoms with Crippen molar-refractivity contribution in [3.8, 4) is 17.1 Å². The standard InChI is InChI=1S/C21H23N5O2S/c1-25(13-16-5-3-4-6-18(16)28-2)19(27)14-29-21-24-23-20(26(21)17-7-8-17)15-9-11-22-12-10-15/h3-6,9-12,17H,7-8,13-14H2,1-2H3. The first-order valence-electron chi connectivity index (χ1n) is 9.51. The van der Waals surface area contributed by atoms with Crippen LogP contribution < -0.4 is 4.74 Å². The van der Waals surface area contributed by atoms with E-state index in [-0.39, 0.29) is 5.91 Å². The summed E-state index contributed by atoms with van der Waals surface area (Å²) in [5.41, 5.74) is 1.97. The number of methoxy groups -OCH3 is 1. The van der Waals surface area contributed by atoms with Gasteiger partial charge in [0.2, 0.25) is 5.91 Å². The van der Waals surface area contributed by atoms with E-state index < -0.39 is 0 Å². The zero-order valence-corrected chi connectivity index (χ0v) is 17.3. The van der Waals surface area contributed by atoms with Gasteiger partial charge < -0.3 is 9.64 Å². The molecule has 0 N–H and O–H groups in total. The second-order valence-electron chi connectivity index (χ2n) is 6.99. The van der Waals surface area contributed by atoms with Gasteiger partial charge in [0.1, 0.15) is 5.75 Å². The average Bonchev–Trinajstić information content (AvgIpc) is 3.51. The largest absolute Gasteiger partial charge is 0.496 e. The number of amides is 1. The van der Waals surface area contributed by atoms with E-state index in [1.165, 1.54) is 11.8 Å². The molecule has 1 aliphatic rings. The van der Waals surface area contributed by atoms with Crippen LogP contribution in [-0.2, 0) is 11.3 Å². The smallest absolute Gasteiger partial charge is 0.233 e. The fourth-order valence-electron chi connectivity index (χ4n) is 3.15. The van der Waals surface area contributed by atoms with Crippen LogP contribution in [0.5, 0.6) is 5.75 Å². The van der Waals surface area contributed by atoms with E-state index in [9.17, 15) is 4.79 Å². The fourth-order valence-corrected chi connectivity index (χ4v) is 4.10. The Kier molecular flexibility index (Phi) is 5.80. The van der Waals surface area contributed by atoms with Crippen molar-refractivity contribution >= 4 is 17.7 Å². The van der Waals surface area contributed by atoms with Crippen LogP contribution in [0.25, 0.3) is 11.4 Å². The summed E-state index contributed by atoms with van der Waals surface area (Å²) < 4.78 is 7.54. The van der Waals surface area contributed by atoms with Crippen molar-refractivity contribution in [1.29, 1.82) is 0 Å². The zero-order chi connectivity index (χ0) is 20.2. The molecule has 29 heavy (non-hydrogen) atoms. The van der Waals surface area contributed by atoms with Crippen molar-refractivity contribution in [2.75, 3.05) is 19.9 Å². The number of aromatic nitrogens is 4. The first-order chi connectivity index (χ1) is 14.2. The molecule has 150 valence electrons. The highest BCUT2D eigenvalue weighted by atomic mass is 32.2. The molecule has 0 saturated heterocycles. The van der Waals surface area contributed by atoms with Gasteiger partial charge >= 0.3 is 0 Å². The van der Waals surface area contributed by atoms with Crippen molar-refractivity contribution < 1.29 is 9.53 Å². The van der Waals surface area contributed by atoms with Crippen molar-refractivity contribution in [3.63, 3.8) is 0 Å². The molecule has 1 fully saturated rings. The highest BCUT2D eigenvalue weighted by molar-refractivity contribution is 7.99. The normalized spacial score (nSPS) is 13.3.